The van der Waals surface area contributed by atoms with Crippen LogP contribution in [-0.4, -0.2) is 38.1 Å². The molecule has 0 fully saturated rings. The Morgan fingerprint density at radius 1 is 0.975 bits per heavy atom. The summed E-state index contributed by atoms with van der Waals surface area (Å²) in [5, 5.41) is 4.74. The van der Waals surface area contributed by atoms with E-state index in [0.717, 1.165) is 22.2 Å². The van der Waals surface area contributed by atoms with Gasteiger partial charge in [-0.15, -0.1) is 0 Å². The average molecular weight is 558 g/mol. The van der Waals surface area contributed by atoms with Crippen LogP contribution in [0.1, 0.15) is 21.7 Å². The molecule has 2 heterocycles. The average Bonchev–Trinajstić information content (AvgIpc) is 3.52. The monoisotopic (exact) mass is 557 g/mol. The number of nitrogens with zero attached hydrogens (tertiary/aromatic N) is 2. The molecule has 5 rings (SSSR count). The van der Waals surface area contributed by atoms with Gasteiger partial charge < -0.3 is 18.6 Å². The van der Waals surface area contributed by atoms with Crippen molar-refractivity contribution in [3.8, 4) is 22.8 Å². The zero-order valence-corrected chi connectivity index (χ0v) is 23.2. The molecule has 0 aliphatic rings. The van der Waals surface area contributed by atoms with Crippen LogP contribution in [0.2, 0.25) is 0 Å². The fourth-order valence-electron chi connectivity index (χ4n) is 4.47. The van der Waals surface area contributed by atoms with E-state index in [4.69, 9.17) is 14.0 Å². The van der Waals surface area contributed by atoms with Crippen molar-refractivity contribution in [2.45, 2.75) is 11.8 Å². The topological polar surface area (TPSA) is 113 Å². The number of ether oxygens (including phenoxy) is 2. The molecule has 0 spiro atoms. The molecule has 0 bridgehead atoms. The number of benzene rings is 3. The molecule has 0 radical (unpaired) electrons. The molecule has 5 aromatic rings. The smallest absolute Gasteiger partial charge is 0.263 e. The molecule has 0 unspecified atom stereocenters. The van der Waals surface area contributed by atoms with E-state index < -0.39 is 10.0 Å². The zero-order valence-electron chi connectivity index (χ0n) is 22.3. The SMILES string of the molecule is COc1cc(OC)c(-c2cc3ccccc3n2C)cc1/C=C/C(=O)c1ccc(S(=O)(=O)Nc2cc(C)on2)cc1. The van der Waals surface area contributed by atoms with Gasteiger partial charge in [-0.3, -0.25) is 9.52 Å². The van der Waals surface area contributed by atoms with Crippen molar-refractivity contribution in [2.24, 2.45) is 7.05 Å². The first-order valence-electron chi connectivity index (χ1n) is 12.3. The molecule has 3 aromatic carbocycles. The molecule has 10 heteroatoms. The number of hydrogen-bond acceptors (Lipinski definition) is 7. The molecule has 204 valence electrons. The molecule has 0 aliphatic carbocycles. The second-order valence-corrected chi connectivity index (χ2v) is 10.8. The Labute approximate surface area is 231 Å². The number of allylic oxidation sites excluding steroid dienone is 1. The Morgan fingerprint density at radius 2 is 1.70 bits per heavy atom. The number of rotatable bonds is 9. The third-order valence-electron chi connectivity index (χ3n) is 6.51. The van der Waals surface area contributed by atoms with Gasteiger partial charge in [0.15, 0.2) is 11.6 Å². The van der Waals surface area contributed by atoms with Gasteiger partial charge in [0.2, 0.25) is 0 Å². The van der Waals surface area contributed by atoms with Gasteiger partial charge in [-0.1, -0.05) is 23.4 Å². The van der Waals surface area contributed by atoms with Crippen molar-refractivity contribution < 1.29 is 27.2 Å². The number of methoxy groups -OCH3 is 2. The number of nitrogens with one attached hydrogen (secondary N) is 1. The van der Waals surface area contributed by atoms with Gasteiger partial charge in [-0.25, -0.2) is 8.42 Å². The molecule has 0 aliphatic heterocycles. The second-order valence-electron chi connectivity index (χ2n) is 9.09. The molecule has 1 N–H and O–H groups in total. The van der Waals surface area contributed by atoms with Gasteiger partial charge in [0.1, 0.15) is 17.3 Å². The minimum absolute atomic E-state index is 0.00916. The van der Waals surface area contributed by atoms with Crippen LogP contribution in [0.15, 0.2) is 88.3 Å². The van der Waals surface area contributed by atoms with Gasteiger partial charge in [-0.05, 0) is 61.5 Å². The van der Waals surface area contributed by atoms with Gasteiger partial charge in [0, 0.05) is 46.8 Å². The molecular formula is C30H27N3O6S. The van der Waals surface area contributed by atoms with E-state index in [-0.39, 0.29) is 16.5 Å². The van der Waals surface area contributed by atoms with Crippen molar-refractivity contribution in [1.29, 1.82) is 0 Å². The van der Waals surface area contributed by atoms with Crippen molar-refractivity contribution in [3.63, 3.8) is 0 Å². The van der Waals surface area contributed by atoms with E-state index in [1.165, 1.54) is 36.4 Å². The number of ketones is 1. The number of aromatic nitrogens is 2. The van der Waals surface area contributed by atoms with E-state index in [2.05, 4.69) is 32.6 Å². The molecule has 0 saturated carbocycles. The predicted octanol–water partition coefficient (Wildman–Crippen LogP) is 5.86. The maximum atomic E-state index is 13.0. The Morgan fingerprint density at radius 3 is 2.35 bits per heavy atom. The van der Waals surface area contributed by atoms with E-state index >= 15 is 0 Å². The highest BCUT2D eigenvalue weighted by molar-refractivity contribution is 7.92. The van der Waals surface area contributed by atoms with E-state index in [9.17, 15) is 13.2 Å². The predicted molar refractivity (Wildman–Crippen MR) is 153 cm³/mol. The van der Waals surface area contributed by atoms with Crippen LogP contribution in [0.4, 0.5) is 5.82 Å². The lowest BCUT2D eigenvalue weighted by atomic mass is 10.0. The van der Waals surface area contributed by atoms with Crippen LogP contribution < -0.4 is 14.2 Å². The minimum Gasteiger partial charge on any atom is -0.496 e. The Kier molecular flexibility index (Phi) is 7.19. The van der Waals surface area contributed by atoms with Gasteiger partial charge in [-0.2, -0.15) is 0 Å². The largest absolute Gasteiger partial charge is 0.496 e. The summed E-state index contributed by atoms with van der Waals surface area (Å²) >= 11 is 0. The Bertz CT molecular complexity index is 1850. The normalized spacial score (nSPS) is 11.7. The van der Waals surface area contributed by atoms with Crippen LogP contribution in [0.5, 0.6) is 11.5 Å². The third kappa shape index (κ3) is 5.21. The molecule has 0 amide bonds. The number of anilines is 1. The van der Waals surface area contributed by atoms with Crippen LogP contribution in [0.25, 0.3) is 28.2 Å². The van der Waals surface area contributed by atoms with Crippen molar-refractivity contribution in [1.82, 2.24) is 9.72 Å². The summed E-state index contributed by atoms with van der Waals surface area (Å²) in [6.07, 6.45) is 3.10. The molecular weight excluding hydrogens is 530 g/mol. The number of hydrogen-bond donors (Lipinski definition) is 1. The summed E-state index contributed by atoms with van der Waals surface area (Å²) in [6, 6.07) is 21.0. The highest BCUT2D eigenvalue weighted by atomic mass is 32.2. The summed E-state index contributed by atoms with van der Waals surface area (Å²) in [4.78, 5) is 13.0. The van der Waals surface area contributed by atoms with Crippen LogP contribution in [0, 0.1) is 6.92 Å². The maximum Gasteiger partial charge on any atom is 0.263 e. The molecule has 0 atom stereocenters. The zero-order chi connectivity index (χ0) is 28.4. The first kappa shape index (κ1) is 26.8. The van der Waals surface area contributed by atoms with Gasteiger partial charge in [0.25, 0.3) is 10.0 Å². The minimum atomic E-state index is -3.89. The summed E-state index contributed by atoms with van der Waals surface area (Å²) in [7, 11) is 1.26. The molecule has 2 aromatic heterocycles. The van der Waals surface area contributed by atoms with E-state index in [1.54, 1.807) is 33.3 Å². The number of sulfonamides is 1. The lowest BCUT2D eigenvalue weighted by Crippen LogP contribution is -2.13. The highest BCUT2D eigenvalue weighted by Gasteiger charge is 2.18. The first-order chi connectivity index (χ1) is 19.2. The summed E-state index contributed by atoms with van der Waals surface area (Å²) in [6.45, 7) is 1.66. The number of para-hydroxylation sites is 1. The molecule has 40 heavy (non-hydrogen) atoms. The van der Waals surface area contributed by atoms with Crippen LogP contribution >= 0.6 is 0 Å². The van der Waals surface area contributed by atoms with Crippen molar-refractivity contribution in [2.75, 3.05) is 18.9 Å². The van der Waals surface area contributed by atoms with Gasteiger partial charge in [0.05, 0.1) is 24.8 Å². The van der Waals surface area contributed by atoms with Crippen LogP contribution in [0.3, 0.4) is 0 Å². The summed E-state index contributed by atoms with van der Waals surface area (Å²) < 4.78 is 45.9. The fourth-order valence-corrected chi connectivity index (χ4v) is 5.46. The lowest BCUT2D eigenvalue weighted by molar-refractivity contribution is 0.104. The number of carbonyl (C=O) groups is 1. The lowest BCUT2D eigenvalue weighted by Gasteiger charge is -2.14. The number of aryl methyl sites for hydroxylation is 2. The first-order valence-corrected chi connectivity index (χ1v) is 13.8. The highest BCUT2D eigenvalue weighted by Crippen LogP contribution is 2.38. The standard InChI is InChI=1S/C30H27N3O6S/c1-19-15-30(31-39-19)32-40(35,36)23-12-9-20(10-13-23)27(34)14-11-22-16-24(29(38-4)18-28(22)37-3)26-17-21-7-5-6-8-25(21)33(26)2/h5-18H,1-4H3,(H,31,32)/b14-11+. The maximum absolute atomic E-state index is 13.0. The Hall–Kier alpha value is -4.83. The summed E-state index contributed by atoms with van der Waals surface area (Å²) in [5.41, 5.74) is 3.89. The number of fused-ring (bicyclic) bond motifs is 1. The molecule has 0 saturated heterocycles. The Balaban J connectivity index is 1.42. The van der Waals surface area contributed by atoms with Gasteiger partial charge >= 0.3 is 0 Å². The van der Waals surface area contributed by atoms with Crippen molar-refractivity contribution in [3.05, 3.63) is 95.8 Å². The third-order valence-corrected chi connectivity index (χ3v) is 7.88. The second kappa shape index (κ2) is 10.7. The summed E-state index contributed by atoms with van der Waals surface area (Å²) in [5.74, 6) is 1.43. The van der Waals surface area contributed by atoms with Crippen molar-refractivity contribution >= 4 is 38.6 Å². The quantitative estimate of drug-likeness (QED) is 0.179. The van der Waals surface area contributed by atoms with E-state index in [0.29, 0.717) is 28.4 Å². The van der Waals surface area contributed by atoms with Crippen LogP contribution in [-0.2, 0) is 17.1 Å². The van der Waals surface area contributed by atoms with E-state index in [1.807, 2.05) is 25.2 Å². The fraction of sp³-hybridized carbons (Fsp3) is 0.133. The molecule has 9 nitrogen and oxygen atoms in total. The number of carbonyl (C=O) groups excluding carboxylic acids is 1.